The Morgan fingerprint density at radius 3 is 2.22 bits per heavy atom. The van der Waals surface area contributed by atoms with E-state index < -0.39 is 0 Å². The zero-order valence-electron chi connectivity index (χ0n) is 5.73. The fourth-order valence-corrected chi connectivity index (χ4v) is 1.24. The van der Waals surface area contributed by atoms with Crippen LogP contribution in [0.4, 0.5) is 0 Å². The zero-order chi connectivity index (χ0) is 7.28. The van der Waals surface area contributed by atoms with Crippen molar-refractivity contribution in [2.24, 2.45) is 0 Å². The highest BCUT2D eigenvalue weighted by atomic mass is 79.9. The molecule has 0 spiro atoms. The van der Waals surface area contributed by atoms with Gasteiger partial charge in [0.05, 0.1) is 4.83 Å². The van der Waals surface area contributed by atoms with Crippen molar-refractivity contribution in [2.75, 3.05) is 6.61 Å². The van der Waals surface area contributed by atoms with Gasteiger partial charge < -0.3 is 4.74 Å². The molecule has 0 aromatic heterocycles. The van der Waals surface area contributed by atoms with Crippen molar-refractivity contribution in [3.05, 3.63) is 0 Å². The Kier molecular flexibility index (Phi) is 6.27. The molecule has 0 aliphatic carbocycles. The summed E-state index contributed by atoms with van der Waals surface area (Å²) in [5, 5.41) is 0.160. The third-order valence-electron chi connectivity index (χ3n) is 1.00. The van der Waals surface area contributed by atoms with Gasteiger partial charge in [0.25, 0.3) is 0 Å². The number of alkyl halides is 2. The van der Waals surface area contributed by atoms with Crippen molar-refractivity contribution < 1.29 is 4.74 Å². The minimum absolute atomic E-state index is 0.160. The zero-order valence-corrected chi connectivity index (χ0v) is 8.91. The Morgan fingerprint density at radius 1 is 1.33 bits per heavy atom. The summed E-state index contributed by atoms with van der Waals surface area (Å²) < 4.78 is 5.26. The monoisotopic (exact) mass is 258 g/mol. The van der Waals surface area contributed by atoms with Gasteiger partial charge in [0.15, 0.2) is 0 Å². The molecule has 0 saturated carbocycles. The smallest absolute Gasteiger partial charge is 0.124 e. The van der Waals surface area contributed by atoms with Crippen molar-refractivity contribution in [1.29, 1.82) is 0 Å². The minimum Gasteiger partial charge on any atom is -0.366 e. The molecule has 3 heteroatoms. The molecule has 0 aromatic rings. The SMILES string of the molecule is CCOC(Br)C(Br)CC. The van der Waals surface area contributed by atoms with E-state index in [0.29, 0.717) is 4.83 Å². The lowest BCUT2D eigenvalue weighted by Gasteiger charge is -2.13. The molecule has 0 heterocycles. The molecule has 0 fully saturated rings. The fraction of sp³-hybridized carbons (Fsp3) is 1.00. The highest BCUT2D eigenvalue weighted by Crippen LogP contribution is 2.17. The molecule has 56 valence electrons. The van der Waals surface area contributed by atoms with E-state index in [1.54, 1.807) is 0 Å². The maximum atomic E-state index is 5.26. The normalized spacial score (nSPS) is 17.3. The van der Waals surface area contributed by atoms with Crippen LogP contribution in [0.25, 0.3) is 0 Å². The van der Waals surface area contributed by atoms with Crippen molar-refractivity contribution in [3.8, 4) is 0 Å². The molecular weight excluding hydrogens is 248 g/mol. The Bertz CT molecular complexity index is 68.1. The molecule has 2 atom stereocenters. The van der Waals surface area contributed by atoms with Gasteiger partial charge in [-0.05, 0) is 13.3 Å². The molecule has 0 aliphatic rings. The van der Waals surface area contributed by atoms with Gasteiger partial charge in [-0.15, -0.1) is 0 Å². The first kappa shape index (κ1) is 9.92. The summed E-state index contributed by atoms with van der Waals surface area (Å²) in [5.41, 5.74) is 0. The van der Waals surface area contributed by atoms with Crippen molar-refractivity contribution in [2.45, 2.75) is 30.1 Å². The van der Waals surface area contributed by atoms with Crippen LogP contribution in [-0.4, -0.2) is 16.4 Å². The summed E-state index contributed by atoms with van der Waals surface area (Å²) in [6.45, 7) is 4.87. The summed E-state index contributed by atoms with van der Waals surface area (Å²) in [4.78, 5) is 0.428. The second-order valence-corrected chi connectivity index (χ2v) is 3.81. The third-order valence-corrected chi connectivity index (χ3v) is 3.74. The second kappa shape index (κ2) is 5.69. The summed E-state index contributed by atoms with van der Waals surface area (Å²) in [6.07, 6.45) is 1.08. The molecule has 0 N–H and O–H groups in total. The minimum atomic E-state index is 0.160. The predicted octanol–water partition coefficient (Wildman–Crippen LogP) is 2.92. The Morgan fingerprint density at radius 2 is 1.89 bits per heavy atom. The maximum Gasteiger partial charge on any atom is 0.124 e. The lowest BCUT2D eigenvalue weighted by molar-refractivity contribution is 0.128. The van der Waals surface area contributed by atoms with Crippen LogP contribution in [0, 0.1) is 0 Å². The van der Waals surface area contributed by atoms with Gasteiger partial charge >= 0.3 is 0 Å². The van der Waals surface area contributed by atoms with E-state index in [9.17, 15) is 0 Å². The number of hydrogen-bond acceptors (Lipinski definition) is 1. The molecule has 0 rings (SSSR count). The van der Waals surface area contributed by atoms with Crippen LogP contribution in [-0.2, 0) is 4.74 Å². The van der Waals surface area contributed by atoms with Crippen LogP contribution in [0.5, 0.6) is 0 Å². The standard InChI is InChI=1S/C6H12Br2O/c1-3-5(7)6(8)9-4-2/h5-6H,3-4H2,1-2H3. The van der Waals surface area contributed by atoms with Crippen LogP contribution >= 0.6 is 31.9 Å². The first-order valence-corrected chi connectivity index (χ1v) is 4.95. The van der Waals surface area contributed by atoms with Gasteiger partial charge in [-0.2, -0.15) is 0 Å². The van der Waals surface area contributed by atoms with E-state index >= 15 is 0 Å². The summed E-state index contributed by atoms with van der Waals surface area (Å²) >= 11 is 6.87. The molecule has 2 unspecified atom stereocenters. The average Bonchev–Trinajstić information content (AvgIpc) is 1.87. The Hall–Kier alpha value is 0.920. The van der Waals surface area contributed by atoms with Crippen LogP contribution in [0.15, 0.2) is 0 Å². The van der Waals surface area contributed by atoms with Gasteiger partial charge in [-0.1, -0.05) is 38.8 Å². The molecule has 0 radical (unpaired) electrons. The van der Waals surface area contributed by atoms with Crippen LogP contribution < -0.4 is 0 Å². The molecule has 0 bridgehead atoms. The molecular formula is C6H12Br2O. The topological polar surface area (TPSA) is 9.23 Å². The molecule has 0 saturated heterocycles. The second-order valence-electron chi connectivity index (χ2n) is 1.73. The van der Waals surface area contributed by atoms with Gasteiger partial charge in [0.2, 0.25) is 0 Å². The lowest BCUT2D eigenvalue weighted by Crippen LogP contribution is -2.16. The number of ether oxygens (including phenoxy) is 1. The van der Waals surface area contributed by atoms with E-state index in [-0.39, 0.29) is 5.01 Å². The first-order valence-electron chi connectivity index (χ1n) is 3.12. The van der Waals surface area contributed by atoms with Gasteiger partial charge in [0.1, 0.15) is 5.01 Å². The molecule has 1 nitrogen and oxygen atoms in total. The third kappa shape index (κ3) is 4.34. The molecule has 0 amide bonds. The highest BCUT2D eigenvalue weighted by Gasteiger charge is 2.12. The van der Waals surface area contributed by atoms with Crippen molar-refractivity contribution >= 4 is 31.9 Å². The molecule has 0 aliphatic heterocycles. The quantitative estimate of drug-likeness (QED) is 0.706. The Balaban J connectivity index is 3.32. The molecule has 0 aromatic carbocycles. The van der Waals surface area contributed by atoms with E-state index in [1.165, 1.54) is 0 Å². The van der Waals surface area contributed by atoms with Crippen molar-refractivity contribution in [3.63, 3.8) is 0 Å². The van der Waals surface area contributed by atoms with E-state index in [4.69, 9.17) is 4.74 Å². The Labute approximate surface area is 73.4 Å². The fourth-order valence-electron chi connectivity index (χ4n) is 0.449. The van der Waals surface area contributed by atoms with Crippen molar-refractivity contribution in [1.82, 2.24) is 0 Å². The average molecular weight is 260 g/mol. The van der Waals surface area contributed by atoms with Crippen LogP contribution in [0.3, 0.4) is 0 Å². The van der Waals surface area contributed by atoms with Crippen LogP contribution in [0.2, 0.25) is 0 Å². The number of hydrogen-bond donors (Lipinski definition) is 0. The van der Waals surface area contributed by atoms with Crippen LogP contribution in [0.1, 0.15) is 20.3 Å². The van der Waals surface area contributed by atoms with Gasteiger partial charge in [-0.3, -0.25) is 0 Å². The summed E-state index contributed by atoms with van der Waals surface area (Å²) in [5.74, 6) is 0. The first-order chi connectivity index (χ1) is 4.22. The molecule has 9 heavy (non-hydrogen) atoms. The maximum absolute atomic E-state index is 5.26. The number of halogens is 2. The highest BCUT2D eigenvalue weighted by molar-refractivity contribution is 9.12. The van der Waals surface area contributed by atoms with Gasteiger partial charge in [0, 0.05) is 6.61 Å². The number of rotatable bonds is 4. The largest absolute Gasteiger partial charge is 0.366 e. The van der Waals surface area contributed by atoms with Gasteiger partial charge in [-0.25, -0.2) is 0 Å². The van der Waals surface area contributed by atoms with E-state index in [1.807, 2.05) is 6.92 Å². The summed E-state index contributed by atoms with van der Waals surface area (Å²) in [6, 6.07) is 0. The van der Waals surface area contributed by atoms with E-state index in [0.717, 1.165) is 13.0 Å². The van der Waals surface area contributed by atoms with E-state index in [2.05, 4.69) is 38.8 Å². The summed E-state index contributed by atoms with van der Waals surface area (Å²) in [7, 11) is 0. The predicted molar refractivity (Wildman–Crippen MR) is 47.3 cm³/mol. The lowest BCUT2D eigenvalue weighted by atomic mass is 10.4.